The van der Waals surface area contributed by atoms with E-state index in [9.17, 15) is 9.59 Å². The zero-order valence-electron chi connectivity index (χ0n) is 18.0. The van der Waals surface area contributed by atoms with E-state index in [4.69, 9.17) is 4.74 Å². The number of ether oxygens (including phenoxy) is 1. The monoisotopic (exact) mass is 438 g/mol. The molecule has 0 atom stereocenters. The summed E-state index contributed by atoms with van der Waals surface area (Å²) in [6.45, 7) is 1.51. The molecule has 33 heavy (non-hydrogen) atoms. The van der Waals surface area contributed by atoms with Crippen molar-refractivity contribution >= 4 is 23.6 Å². The average Bonchev–Trinajstić information content (AvgIpc) is 3.28. The molecule has 7 heteroatoms. The minimum atomic E-state index is -0.625. The highest BCUT2D eigenvalue weighted by Gasteiger charge is 2.12. The number of para-hydroxylation sites is 2. The number of aryl methyl sites for hydroxylation is 1. The maximum atomic E-state index is 12.2. The van der Waals surface area contributed by atoms with E-state index >= 15 is 0 Å². The molecule has 0 unspecified atom stereocenters. The Balaban J connectivity index is 1.46. The van der Waals surface area contributed by atoms with Crippen molar-refractivity contribution in [3.63, 3.8) is 0 Å². The zero-order chi connectivity index (χ0) is 23.0. The minimum absolute atomic E-state index is 0.379. The summed E-state index contributed by atoms with van der Waals surface area (Å²) in [7, 11) is 0. The van der Waals surface area contributed by atoms with Gasteiger partial charge in [-0.05, 0) is 48.9 Å². The molecule has 0 aliphatic heterocycles. The Morgan fingerprint density at radius 1 is 1.03 bits per heavy atom. The molecule has 1 amide bonds. The second-order valence-corrected chi connectivity index (χ2v) is 7.26. The molecule has 0 saturated carbocycles. The summed E-state index contributed by atoms with van der Waals surface area (Å²) in [6.07, 6.45) is 8.13. The Morgan fingerprint density at radius 2 is 1.82 bits per heavy atom. The number of carbonyl (C=O) groups is 2. The van der Waals surface area contributed by atoms with Gasteiger partial charge in [-0.1, -0.05) is 36.4 Å². The van der Waals surface area contributed by atoms with Crippen LogP contribution in [-0.2, 0) is 14.3 Å². The van der Waals surface area contributed by atoms with Crippen LogP contribution in [0.25, 0.3) is 23.0 Å². The number of aromatic nitrogens is 3. The molecule has 7 nitrogen and oxygen atoms in total. The molecule has 0 aliphatic rings. The van der Waals surface area contributed by atoms with E-state index in [1.807, 2.05) is 73.8 Å². The highest BCUT2D eigenvalue weighted by atomic mass is 16.5. The van der Waals surface area contributed by atoms with Gasteiger partial charge in [0.2, 0.25) is 0 Å². The Kier molecular flexibility index (Phi) is 6.70. The number of hydrogen-bond acceptors (Lipinski definition) is 5. The van der Waals surface area contributed by atoms with E-state index in [1.165, 1.54) is 6.08 Å². The van der Waals surface area contributed by atoms with E-state index in [0.29, 0.717) is 16.9 Å². The topological polar surface area (TPSA) is 86.1 Å². The van der Waals surface area contributed by atoms with Crippen molar-refractivity contribution in [2.45, 2.75) is 6.92 Å². The largest absolute Gasteiger partial charge is 0.452 e. The average molecular weight is 438 g/mol. The predicted octanol–water partition coefficient (Wildman–Crippen LogP) is 4.44. The first kappa shape index (κ1) is 21.7. The number of esters is 1. The minimum Gasteiger partial charge on any atom is -0.452 e. The molecular weight excluding hydrogens is 416 g/mol. The molecule has 4 aromatic rings. The van der Waals surface area contributed by atoms with Crippen molar-refractivity contribution in [3.05, 3.63) is 103 Å². The molecule has 0 bridgehead atoms. The summed E-state index contributed by atoms with van der Waals surface area (Å²) < 4.78 is 6.84. The summed E-state index contributed by atoms with van der Waals surface area (Å²) in [6, 6.07) is 20.8. The lowest BCUT2D eigenvalue weighted by Crippen LogP contribution is -2.20. The number of rotatable bonds is 7. The van der Waals surface area contributed by atoms with Crippen LogP contribution in [0.4, 0.5) is 5.69 Å². The first-order valence-corrected chi connectivity index (χ1v) is 10.4. The molecule has 2 heterocycles. The second-order valence-electron chi connectivity index (χ2n) is 7.26. The lowest BCUT2D eigenvalue weighted by atomic mass is 10.1. The third kappa shape index (κ3) is 5.59. The molecule has 2 aromatic carbocycles. The fourth-order valence-corrected chi connectivity index (χ4v) is 3.19. The number of nitrogens with one attached hydrogen (secondary N) is 1. The number of benzene rings is 2. The molecule has 2 aromatic heterocycles. The van der Waals surface area contributed by atoms with Crippen molar-refractivity contribution in [2.75, 3.05) is 11.9 Å². The normalized spacial score (nSPS) is 10.8. The van der Waals surface area contributed by atoms with Crippen molar-refractivity contribution in [2.24, 2.45) is 0 Å². The Morgan fingerprint density at radius 3 is 2.58 bits per heavy atom. The standard InChI is InChI=1S/C26H22N4O3/c1-19-8-5-6-12-23(19)28-24(31)18-33-25(32)14-13-21-17-30(22-10-3-2-4-11-22)29-26(21)20-9-7-15-27-16-20/h2-17H,18H2,1H3,(H,28,31). The van der Waals surface area contributed by atoms with Crippen LogP contribution in [0.1, 0.15) is 11.1 Å². The van der Waals surface area contributed by atoms with Crippen molar-refractivity contribution in [3.8, 4) is 16.9 Å². The summed E-state index contributed by atoms with van der Waals surface area (Å²) >= 11 is 0. The molecule has 0 saturated heterocycles. The summed E-state index contributed by atoms with van der Waals surface area (Å²) in [4.78, 5) is 28.5. The van der Waals surface area contributed by atoms with E-state index in [1.54, 1.807) is 29.2 Å². The third-order valence-electron chi connectivity index (χ3n) is 4.86. The third-order valence-corrected chi connectivity index (χ3v) is 4.86. The summed E-state index contributed by atoms with van der Waals surface area (Å²) in [5.41, 5.74) is 4.70. The number of amides is 1. The van der Waals surface area contributed by atoms with Crippen molar-refractivity contribution in [1.82, 2.24) is 14.8 Å². The van der Waals surface area contributed by atoms with Gasteiger partial charge >= 0.3 is 5.97 Å². The van der Waals surface area contributed by atoms with Gasteiger partial charge < -0.3 is 10.1 Å². The van der Waals surface area contributed by atoms with Crippen molar-refractivity contribution in [1.29, 1.82) is 0 Å². The maximum absolute atomic E-state index is 12.2. The summed E-state index contributed by atoms with van der Waals surface area (Å²) in [5, 5.41) is 7.40. The van der Waals surface area contributed by atoms with Gasteiger partial charge in [0.1, 0.15) is 5.69 Å². The van der Waals surface area contributed by atoms with Gasteiger partial charge in [0, 0.05) is 41.5 Å². The predicted molar refractivity (Wildman–Crippen MR) is 127 cm³/mol. The number of pyridine rings is 1. The number of hydrogen-bond donors (Lipinski definition) is 1. The highest BCUT2D eigenvalue weighted by molar-refractivity contribution is 5.95. The molecule has 0 spiro atoms. The van der Waals surface area contributed by atoms with Gasteiger partial charge in [0.05, 0.1) is 5.69 Å². The van der Waals surface area contributed by atoms with Crippen LogP contribution < -0.4 is 5.32 Å². The molecule has 0 aliphatic carbocycles. The van der Waals surface area contributed by atoms with Gasteiger partial charge in [-0.25, -0.2) is 9.48 Å². The molecular formula is C26H22N4O3. The number of anilines is 1. The molecule has 4 rings (SSSR count). The van der Waals surface area contributed by atoms with Crippen LogP contribution >= 0.6 is 0 Å². The van der Waals surface area contributed by atoms with Crippen LogP contribution in [0, 0.1) is 6.92 Å². The van der Waals surface area contributed by atoms with E-state index in [2.05, 4.69) is 15.4 Å². The maximum Gasteiger partial charge on any atom is 0.331 e. The number of carbonyl (C=O) groups excluding carboxylic acids is 2. The number of nitrogens with zero attached hydrogens (tertiary/aromatic N) is 3. The van der Waals surface area contributed by atoms with Crippen LogP contribution in [-0.4, -0.2) is 33.2 Å². The SMILES string of the molecule is Cc1ccccc1NC(=O)COC(=O)C=Cc1cn(-c2ccccc2)nc1-c1cccnc1. The fraction of sp³-hybridized carbons (Fsp3) is 0.0769. The molecule has 164 valence electrons. The van der Waals surface area contributed by atoms with E-state index in [0.717, 1.165) is 16.8 Å². The van der Waals surface area contributed by atoms with Gasteiger partial charge in [-0.15, -0.1) is 0 Å². The molecule has 0 fully saturated rings. The molecule has 0 radical (unpaired) electrons. The van der Waals surface area contributed by atoms with Crippen LogP contribution in [0.3, 0.4) is 0 Å². The van der Waals surface area contributed by atoms with Crippen molar-refractivity contribution < 1.29 is 14.3 Å². The molecule has 1 N–H and O–H groups in total. The quantitative estimate of drug-likeness (QED) is 0.341. The lowest BCUT2D eigenvalue weighted by Gasteiger charge is -2.07. The van der Waals surface area contributed by atoms with E-state index in [-0.39, 0.29) is 6.61 Å². The van der Waals surface area contributed by atoms with Gasteiger partial charge in [0.15, 0.2) is 6.61 Å². The first-order chi connectivity index (χ1) is 16.1. The van der Waals surface area contributed by atoms with E-state index < -0.39 is 11.9 Å². The Hall–Kier alpha value is -4.52. The second kappa shape index (κ2) is 10.2. The summed E-state index contributed by atoms with van der Waals surface area (Å²) in [5.74, 6) is -1.03. The smallest absolute Gasteiger partial charge is 0.331 e. The zero-order valence-corrected chi connectivity index (χ0v) is 18.0. The van der Waals surface area contributed by atoms with Gasteiger partial charge in [-0.3, -0.25) is 9.78 Å². The van der Waals surface area contributed by atoms with Crippen LogP contribution in [0.5, 0.6) is 0 Å². The Bertz CT molecular complexity index is 1280. The van der Waals surface area contributed by atoms with Crippen LogP contribution in [0.2, 0.25) is 0 Å². The lowest BCUT2D eigenvalue weighted by molar-refractivity contribution is -0.142. The van der Waals surface area contributed by atoms with Crippen LogP contribution in [0.15, 0.2) is 91.4 Å². The van der Waals surface area contributed by atoms with Gasteiger partial charge in [0.25, 0.3) is 5.91 Å². The Labute approximate surface area is 191 Å². The fourth-order valence-electron chi connectivity index (χ4n) is 3.19. The van der Waals surface area contributed by atoms with Gasteiger partial charge in [-0.2, -0.15) is 5.10 Å². The highest BCUT2D eigenvalue weighted by Crippen LogP contribution is 2.24. The first-order valence-electron chi connectivity index (χ1n) is 10.4.